The lowest BCUT2D eigenvalue weighted by Crippen LogP contribution is -2.32. The van der Waals surface area contributed by atoms with Crippen LogP contribution < -0.4 is 9.47 Å². The van der Waals surface area contributed by atoms with E-state index in [4.69, 9.17) is 32.7 Å². The van der Waals surface area contributed by atoms with Crippen LogP contribution >= 0.6 is 23.2 Å². The van der Waals surface area contributed by atoms with Gasteiger partial charge in [0.15, 0.2) is 5.75 Å². The standard InChI is InChI=1S/C29H28Cl2N2O5/c1-32(2)13-8-14-33-25(18-9-7-12-21(15-18)38-20-10-5-4-6-11-20)24(27(35)29(33)36)26(34)19-16-22(30)28(37-3)23(31)17-19/h4-7,9-12,15-17,25,34H,8,13-14H2,1-3H3/b26-24+. The minimum Gasteiger partial charge on any atom is -0.507 e. The zero-order valence-corrected chi connectivity index (χ0v) is 22.8. The SMILES string of the molecule is COc1c(Cl)cc(/C(O)=C2\C(=O)C(=O)N(CCCN(C)C)C2c2cccc(Oc3ccccc3)c2)cc1Cl. The smallest absolute Gasteiger partial charge is 0.295 e. The Kier molecular flexibility index (Phi) is 8.62. The molecular weight excluding hydrogens is 527 g/mol. The highest BCUT2D eigenvalue weighted by Gasteiger charge is 2.46. The lowest BCUT2D eigenvalue weighted by atomic mass is 9.95. The fourth-order valence-electron chi connectivity index (χ4n) is 4.43. The van der Waals surface area contributed by atoms with Crippen LogP contribution in [-0.4, -0.2) is 60.9 Å². The minimum atomic E-state index is -0.837. The molecule has 0 bridgehead atoms. The van der Waals surface area contributed by atoms with E-state index >= 15 is 0 Å². The third-order valence-electron chi connectivity index (χ3n) is 6.17. The lowest BCUT2D eigenvalue weighted by Gasteiger charge is -2.26. The Morgan fingerprint density at radius 3 is 2.26 bits per heavy atom. The first-order valence-electron chi connectivity index (χ1n) is 12.0. The number of amides is 1. The van der Waals surface area contributed by atoms with E-state index in [9.17, 15) is 14.7 Å². The largest absolute Gasteiger partial charge is 0.507 e. The van der Waals surface area contributed by atoms with Crippen LogP contribution in [0.3, 0.4) is 0 Å². The van der Waals surface area contributed by atoms with E-state index in [1.165, 1.54) is 24.1 Å². The third-order valence-corrected chi connectivity index (χ3v) is 6.73. The second-order valence-corrected chi connectivity index (χ2v) is 9.92. The van der Waals surface area contributed by atoms with Crippen molar-refractivity contribution in [2.45, 2.75) is 12.5 Å². The molecule has 1 aliphatic heterocycles. The van der Waals surface area contributed by atoms with Gasteiger partial charge in [-0.05, 0) is 69.0 Å². The number of hydrogen-bond donors (Lipinski definition) is 1. The summed E-state index contributed by atoms with van der Waals surface area (Å²) >= 11 is 12.6. The molecule has 1 fully saturated rings. The summed E-state index contributed by atoms with van der Waals surface area (Å²) in [6, 6.07) is 18.5. The first-order chi connectivity index (χ1) is 18.2. The van der Waals surface area contributed by atoms with Crippen molar-refractivity contribution in [2.75, 3.05) is 34.3 Å². The van der Waals surface area contributed by atoms with Gasteiger partial charge in [0.1, 0.15) is 17.3 Å². The summed E-state index contributed by atoms with van der Waals surface area (Å²) in [5.74, 6) is -0.416. The molecule has 1 amide bonds. The number of ketones is 1. The predicted octanol–water partition coefficient (Wildman–Crippen LogP) is 6.17. The summed E-state index contributed by atoms with van der Waals surface area (Å²) in [5.41, 5.74) is 0.775. The normalized spacial score (nSPS) is 16.8. The van der Waals surface area contributed by atoms with Crippen LogP contribution in [0.1, 0.15) is 23.6 Å². The van der Waals surface area contributed by atoms with Crippen LogP contribution in [0, 0.1) is 0 Å². The summed E-state index contributed by atoms with van der Waals surface area (Å²) in [6.07, 6.45) is 0.636. The quantitative estimate of drug-likeness (QED) is 0.193. The number of likely N-dealkylation sites (tertiary alicyclic amines) is 1. The fourth-order valence-corrected chi connectivity index (χ4v) is 5.08. The van der Waals surface area contributed by atoms with Gasteiger partial charge in [-0.25, -0.2) is 0 Å². The Balaban J connectivity index is 1.81. The number of ether oxygens (including phenoxy) is 2. The highest BCUT2D eigenvalue weighted by Crippen LogP contribution is 2.42. The Labute approximate surface area is 231 Å². The summed E-state index contributed by atoms with van der Waals surface area (Å²) in [6.45, 7) is 1.04. The van der Waals surface area contributed by atoms with Gasteiger partial charge in [-0.1, -0.05) is 53.5 Å². The van der Waals surface area contributed by atoms with Crippen molar-refractivity contribution in [3.05, 3.63) is 93.5 Å². The van der Waals surface area contributed by atoms with Crippen LogP contribution in [0.5, 0.6) is 17.2 Å². The van der Waals surface area contributed by atoms with Gasteiger partial charge >= 0.3 is 0 Å². The monoisotopic (exact) mass is 554 g/mol. The molecule has 1 atom stereocenters. The third kappa shape index (κ3) is 5.80. The number of aliphatic hydroxyl groups excluding tert-OH is 1. The van der Waals surface area contributed by atoms with Crippen LogP contribution in [-0.2, 0) is 9.59 Å². The molecule has 0 radical (unpaired) electrons. The number of methoxy groups -OCH3 is 1. The van der Waals surface area contributed by atoms with Gasteiger partial charge < -0.3 is 24.4 Å². The molecule has 0 aromatic heterocycles. The molecule has 198 valence electrons. The van der Waals surface area contributed by atoms with Crippen molar-refractivity contribution in [1.82, 2.24) is 9.80 Å². The number of para-hydroxylation sites is 1. The molecule has 0 spiro atoms. The van der Waals surface area contributed by atoms with Gasteiger partial charge in [0, 0.05) is 12.1 Å². The van der Waals surface area contributed by atoms with Crippen LogP contribution in [0.2, 0.25) is 10.0 Å². The van der Waals surface area contributed by atoms with E-state index in [1.807, 2.05) is 49.3 Å². The van der Waals surface area contributed by atoms with Crippen molar-refractivity contribution >= 4 is 40.7 Å². The van der Waals surface area contributed by atoms with Crippen molar-refractivity contribution in [2.24, 2.45) is 0 Å². The number of aliphatic hydroxyl groups is 1. The van der Waals surface area contributed by atoms with Crippen molar-refractivity contribution in [3.63, 3.8) is 0 Å². The van der Waals surface area contributed by atoms with E-state index in [1.54, 1.807) is 24.3 Å². The molecule has 3 aromatic carbocycles. The molecule has 7 nitrogen and oxygen atoms in total. The minimum absolute atomic E-state index is 0.0472. The molecule has 1 saturated heterocycles. The molecule has 0 aliphatic carbocycles. The molecule has 3 aromatic rings. The Hall–Kier alpha value is -3.52. The number of benzene rings is 3. The number of hydrogen-bond acceptors (Lipinski definition) is 6. The summed E-state index contributed by atoms with van der Waals surface area (Å²) < 4.78 is 11.2. The number of nitrogens with zero attached hydrogens (tertiary/aromatic N) is 2. The highest BCUT2D eigenvalue weighted by atomic mass is 35.5. The van der Waals surface area contributed by atoms with Crippen molar-refractivity contribution in [3.8, 4) is 17.2 Å². The number of rotatable bonds is 9. The van der Waals surface area contributed by atoms with E-state index in [0.29, 0.717) is 30.0 Å². The van der Waals surface area contributed by atoms with Crippen LogP contribution in [0.25, 0.3) is 5.76 Å². The molecular formula is C29H28Cl2N2O5. The zero-order chi connectivity index (χ0) is 27.4. The van der Waals surface area contributed by atoms with E-state index in [0.717, 1.165) is 6.54 Å². The maximum atomic E-state index is 13.3. The average molecular weight is 555 g/mol. The second kappa shape index (κ2) is 11.9. The summed E-state index contributed by atoms with van der Waals surface area (Å²) in [5, 5.41) is 11.7. The number of carbonyl (C=O) groups is 2. The summed E-state index contributed by atoms with van der Waals surface area (Å²) in [4.78, 5) is 30.1. The second-order valence-electron chi connectivity index (χ2n) is 9.11. The number of carbonyl (C=O) groups excluding carboxylic acids is 2. The molecule has 1 aliphatic rings. The van der Waals surface area contributed by atoms with Gasteiger partial charge in [0.05, 0.1) is 28.8 Å². The van der Waals surface area contributed by atoms with Crippen LogP contribution in [0.15, 0.2) is 72.3 Å². The first-order valence-corrected chi connectivity index (χ1v) is 12.8. The highest BCUT2D eigenvalue weighted by molar-refractivity contribution is 6.46. The zero-order valence-electron chi connectivity index (χ0n) is 21.3. The van der Waals surface area contributed by atoms with Gasteiger partial charge in [-0.2, -0.15) is 0 Å². The van der Waals surface area contributed by atoms with Gasteiger partial charge in [0.2, 0.25) is 0 Å². The molecule has 1 unspecified atom stereocenters. The maximum Gasteiger partial charge on any atom is 0.295 e. The van der Waals surface area contributed by atoms with Crippen molar-refractivity contribution < 1.29 is 24.2 Å². The van der Waals surface area contributed by atoms with Crippen molar-refractivity contribution in [1.29, 1.82) is 0 Å². The topological polar surface area (TPSA) is 79.3 Å². The van der Waals surface area contributed by atoms with E-state index < -0.39 is 17.7 Å². The molecule has 9 heteroatoms. The van der Waals surface area contributed by atoms with Gasteiger partial charge in [0.25, 0.3) is 11.7 Å². The Morgan fingerprint density at radius 1 is 0.974 bits per heavy atom. The Morgan fingerprint density at radius 2 is 1.63 bits per heavy atom. The lowest BCUT2D eigenvalue weighted by molar-refractivity contribution is -0.139. The number of halogens is 2. The fraction of sp³-hybridized carbons (Fsp3) is 0.241. The van der Waals surface area contributed by atoms with Gasteiger partial charge in [-0.3, -0.25) is 9.59 Å². The number of Topliss-reactive ketones (excluding diaryl/α,β-unsaturated/α-hetero) is 1. The van der Waals surface area contributed by atoms with E-state index in [-0.39, 0.29) is 32.7 Å². The molecule has 1 heterocycles. The Bertz CT molecular complexity index is 1350. The molecule has 0 saturated carbocycles. The van der Waals surface area contributed by atoms with E-state index in [2.05, 4.69) is 0 Å². The molecule has 38 heavy (non-hydrogen) atoms. The predicted molar refractivity (Wildman–Crippen MR) is 148 cm³/mol. The van der Waals surface area contributed by atoms with Crippen LogP contribution in [0.4, 0.5) is 0 Å². The maximum absolute atomic E-state index is 13.3. The molecule has 1 N–H and O–H groups in total. The molecule has 4 rings (SSSR count). The van der Waals surface area contributed by atoms with Gasteiger partial charge in [-0.15, -0.1) is 0 Å². The average Bonchev–Trinajstić information content (AvgIpc) is 3.13. The summed E-state index contributed by atoms with van der Waals surface area (Å²) in [7, 11) is 5.30. The first kappa shape index (κ1) is 27.5.